The van der Waals surface area contributed by atoms with E-state index in [1.807, 2.05) is 0 Å². The van der Waals surface area contributed by atoms with Gasteiger partial charge in [0.2, 0.25) is 0 Å². The van der Waals surface area contributed by atoms with Crippen LogP contribution in [0.5, 0.6) is 11.5 Å². The molecule has 0 atom stereocenters. The van der Waals surface area contributed by atoms with E-state index in [-0.39, 0.29) is 5.75 Å². The zero-order valence-corrected chi connectivity index (χ0v) is 9.76. The lowest BCUT2D eigenvalue weighted by atomic mass is 10.3. The molecule has 0 amide bonds. The van der Waals surface area contributed by atoms with Gasteiger partial charge in [-0.25, -0.2) is 13.8 Å². The predicted octanol–water partition coefficient (Wildman–Crippen LogP) is 2.53. The highest BCUT2D eigenvalue weighted by Crippen LogP contribution is 2.35. The number of hydrogen-bond donors (Lipinski definition) is 1. The average Bonchev–Trinajstić information content (AvgIpc) is 2.63. The molecule has 0 fully saturated rings. The Bertz CT molecular complexity index is 530. The van der Waals surface area contributed by atoms with E-state index in [2.05, 4.69) is 4.98 Å². The quantitative estimate of drug-likeness (QED) is 0.917. The molecule has 0 saturated heterocycles. The lowest BCUT2D eigenvalue weighted by molar-refractivity contribution is 0.0805. The van der Waals surface area contributed by atoms with Gasteiger partial charge in [-0.1, -0.05) is 11.3 Å². The van der Waals surface area contributed by atoms with Gasteiger partial charge in [0.05, 0.1) is 17.3 Å². The summed E-state index contributed by atoms with van der Waals surface area (Å²) < 4.78 is 35.0. The first-order chi connectivity index (χ1) is 8.10. The zero-order chi connectivity index (χ0) is 12.4. The highest BCUT2D eigenvalue weighted by Gasteiger charge is 2.12. The van der Waals surface area contributed by atoms with Crippen LogP contribution in [0.15, 0.2) is 12.1 Å². The van der Waals surface area contributed by atoms with Crippen molar-refractivity contribution in [2.45, 2.75) is 6.43 Å². The molecule has 2 N–H and O–H groups in total. The second-order valence-electron chi connectivity index (χ2n) is 3.22. The Labute approximate surface area is 100.0 Å². The van der Waals surface area contributed by atoms with Crippen LogP contribution in [0.2, 0.25) is 0 Å². The van der Waals surface area contributed by atoms with E-state index >= 15 is 0 Å². The number of halogens is 2. The molecular weight excluding hydrogens is 250 g/mol. The molecule has 1 heterocycles. The molecule has 0 saturated carbocycles. The third-order valence-electron chi connectivity index (χ3n) is 2.06. The molecule has 0 spiro atoms. The summed E-state index contributed by atoms with van der Waals surface area (Å²) in [4.78, 5) is 4.05. The topological polar surface area (TPSA) is 57.4 Å². The molecule has 2 aromatic rings. The first-order valence-corrected chi connectivity index (χ1v) is 5.57. The number of benzene rings is 1. The van der Waals surface area contributed by atoms with Gasteiger partial charge in [0.15, 0.2) is 16.6 Å². The largest absolute Gasteiger partial charge is 0.493 e. The highest BCUT2D eigenvalue weighted by atomic mass is 32.1. The van der Waals surface area contributed by atoms with E-state index in [4.69, 9.17) is 15.2 Å². The molecule has 17 heavy (non-hydrogen) atoms. The highest BCUT2D eigenvalue weighted by molar-refractivity contribution is 7.22. The summed E-state index contributed by atoms with van der Waals surface area (Å²) in [6, 6.07) is 3.22. The normalized spacial score (nSPS) is 11.1. The molecule has 0 bridgehead atoms. The van der Waals surface area contributed by atoms with Gasteiger partial charge in [-0.2, -0.15) is 0 Å². The number of fused-ring (bicyclic) bond motifs is 1. The van der Waals surface area contributed by atoms with Crippen molar-refractivity contribution in [2.24, 2.45) is 0 Å². The number of aromatic nitrogens is 1. The Kier molecular flexibility index (Phi) is 3.28. The summed E-state index contributed by atoms with van der Waals surface area (Å²) in [6.07, 6.45) is -2.53. The number of hydrogen-bond acceptors (Lipinski definition) is 5. The number of ether oxygens (including phenoxy) is 2. The molecule has 1 aromatic heterocycles. The molecule has 0 aliphatic heterocycles. The number of rotatable bonds is 4. The van der Waals surface area contributed by atoms with Gasteiger partial charge in [0.1, 0.15) is 6.61 Å². The summed E-state index contributed by atoms with van der Waals surface area (Å²) in [5.41, 5.74) is 6.17. The fourth-order valence-corrected chi connectivity index (χ4v) is 2.12. The number of anilines is 1. The van der Waals surface area contributed by atoms with Gasteiger partial charge in [-0.05, 0) is 0 Å². The van der Waals surface area contributed by atoms with Crippen molar-refractivity contribution < 1.29 is 18.3 Å². The van der Waals surface area contributed by atoms with Gasteiger partial charge in [-0.3, -0.25) is 0 Å². The Morgan fingerprint density at radius 1 is 1.41 bits per heavy atom. The minimum atomic E-state index is -2.53. The van der Waals surface area contributed by atoms with Crippen LogP contribution in [-0.4, -0.2) is 25.1 Å². The molecule has 0 aliphatic carbocycles. The van der Waals surface area contributed by atoms with Crippen LogP contribution >= 0.6 is 11.3 Å². The monoisotopic (exact) mass is 260 g/mol. The van der Waals surface area contributed by atoms with Crippen LogP contribution in [-0.2, 0) is 0 Å². The second kappa shape index (κ2) is 4.70. The lowest BCUT2D eigenvalue weighted by Gasteiger charge is -2.09. The average molecular weight is 260 g/mol. The summed E-state index contributed by atoms with van der Waals surface area (Å²) >= 11 is 1.30. The molecule has 0 radical (unpaired) electrons. The van der Waals surface area contributed by atoms with Crippen LogP contribution in [0.25, 0.3) is 10.2 Å². The van der Waals surface area contributed by atoms with Gasteiger partial charge in [0.25, 0.3) is 6.43 Å². The Balaban J connectivity index is 2.38. The smallest absolute Gasteiger partial charge is 0.272 e. The summed E-state index contributed by atoms with van der Waals surface area (Å²) in [5.74, 6) is 0.632. The Morgan fingerprint density at radius 3 is 2.82 bits per heavy atom. The van der Waals surface area contributed by atoms with Crippen molar-refractivity contribution in [3.8, 4) is 11.5 Å². The maximum Gasteiger partial charge on any atom is 0.272 e. The number of methoxy groups -OCH3 is 1. The van der Waals surface area contributed by atoms with Crippen molar-refractivity contribution in [1.29, 1.82) is 0 Å². The number of nitrogens with zero attached hydrogens (tertiary/aromatic N) is 1. The summed E-state index contributed by atoms with van der Waals surface area (Å²) in [5, 5.41) is 0.410. The molecular formula is C10H10F2N2O2S. The number of nitrogen functional groups attached to an aromatic ring is 1. The van der Waals surface area contributed by atoms with Crippen LogP contribution in [0.3, 0.4) is 0 Å². The second-order valence-corrected chi connectivity index (χ2v) is 4.29. The van der Waals surface area contributed by atoms with Crippen molar-refractivity contribution >= 4 is 26.7 Å². The zero-order valence-electron chi connectivity index (χ0n) is 8.94. The van der Waals surface area contributed by atoms with E-state index < -0.39 is 13.0 Å². The standard InChI is InChI=1S/C10H10F2N2O2S/c1-15-6-3-8-5(14-10(13)17-8)2-7(6)16-4-9(11)12/h2-3,9H,4H2,1H3,(H2,13,14). The molecule has 0 unspecified atom stereocenters. The van der Waals surface area contributed by atoms with Gasteiger partial charge >= 0.3 is 0 Å². The maximum atomic E-state index is 12.1. The summed E-state index contributed by atoms with van der Waals surface area (Å²) in [7, 11) is 1.45. The van der Waals surface area contributed by atoms with Crippen LogP contribution < -0.4 is 15.2 Å². The SMILES string of the molecule is COc1cc2sc(N)nc2cc1OCC(F)F. The van der Waals surface area contributed by atoms with Crippen molar-refractivity contribution in [3.05, 3.63) is 12.1 Å². The van der Waals surface area contributed by atoms with Crippen LogP contribution in [0.4, 0.5) is 13.9 Å². The Hall–Kier alpha value is -1.63. The van der Waals surface area contributed by atoms with E-state index in [0.717, 1.165) is 4.70 Å². The van der Waals surface area contributed by atoms with Crippen molar-refractivity contribution in [1.82, 2.24) is 4.98 Å². The van der Waals surface area contributed by atoms with E-state index in [0.29, 0.717) is 16.4 Å². The lowest BCUT2D eigenvalue weighted by Crippen LogP contribution is -2.07. The fraction of sp³-hybridized carbons (Fsp3) is 0.300. The summed E-state index contributed by atoms with van der Waals surface area (Å²) in [6.45, 7) is -0.679. The third-order valence-corrected chi connectivity index (χ3v) is 2.90. The van der Waals surface area contributed by atoms with Gasteiger partial charge < -0.3 is 15.2 Å². The molecule has 0 aliphatic rings. The Morgan fingerprint density at radius 2 is 2.18 bits per heavy atom. The minimum Gasteiger partial charge on any atom is -0.493 e. The number of thiazole rings is 1. The van der Waals surface area contributed by atoms with Crippen LogP contribution in [0, 0.1) is 0 Å². The first kappa shape index (κ1) is 11.8. The number of nitrogens with two attached hydrogens (primary N) is 1. The molecule has 92 valence electrons. The van der Waals surface area contributed by atoms with E-state index in [1.54, 1.807) is 12.1 Å². The fourth-order valence-electron chi connectivity index (χ4n) is 1.38. The van der Waals surface area contributed by atoms with Crippen molar-refractivity contribution in [2.75, 3.05) is 19.5 Å². The molecule has 4 nitrogen and oxygen atoms in total. The molecule has 7 heteroatoms. The van der Waals surface area contributed by atoms with Gasteiger partial charge in [0, 0.05) is 12.1 Å². The number of alkyl halides is 2. The first-order valence-electron chi connectivity index (χ1n) is 4.75. The molecule has 1 aromatic carbocycles. The van der Waals surface area contributed by atoms with E-state index in [1.165, 1.54) is 18.4 Å². The van der Waals surface area contributed by atoms with E-state index in [9.17, 15) is 8.78 Å². The van der Waals surface area contributed by atoms with Gasteiger partial charge in [-0.15, -0.1) is 0 Å². The minimum absolute atomic E-state index is 0.241. The molecule has 2 rings (SSSR count). The predicted molar refractivity (Wildman–Crippen MR) is 62.1 cm³/mol. The maximum absolute atomic E-state index is 12.1. The third kappa shape index (κ3) is 2.55. The van der Waals surface area contributed by atoms with Crippen molar-refractivity contribution in [3.63, 3.8) is 0 Å². The van der Waals surface area contributed by atoms with Crippen LogP contribution in [0.1, 0.15) is 0 Å².